The normalized spacial score (nSPS) is 13.1. The number of hydrazone groups is 1. The van der Waals surface area contributed by atoms with Gasteiger partial charge in [-0.05, 0) is 48.0 Å². The summed E-state index contributed by atoms with van der Waals surface area (Å²) in [5, 5.41) is 13.1. The van der Waals surface area contributed by atoms with Crippen LogP contribution in [-0.4, -0.2) is 30.4 Å². The van der Waals surface area contributed by atoms with Gasteiger partial charge in [-0.3, -0.25) is 4.79 Å². The monoisotopic (exact) mass is 298 g/mol. The van der Waals surface area contributed by atoms with Crippen LogP contribution in [0.25, 0.3) is 0 Å². The van der Waals surface area contributed by atoms with E-state index >= 15 is 0 Å². The number of rotatable bonds is 3. The fourth-order valence-corrected chi connectivity index (χ4v) is 1.97. The second-order valence-electron chi connectivity index (χ2n) is 4.65. The van der Waals surface area contributed by atoms with Gasteiger partial charge in [0.05, 0.1) is 6.21 Å². The molecule has 0 saturated heterocycles. The molecule has 0 fully saturated rings. The molecule has 0 unspecified atom stereocenters. The zero-order valence-electron chi connectivity index (χ0n) is 11.7. The molecule has 0 radical (unpaired) electrons. The Morgan fingerprint density at radius 2 is 1.82 bits per heavy atom. The molecule has 2 aromatic rings. The van der Waals surface area contributed by atoms with Crippen LogP contribution in [0.1, 0.15) is 15.9 Å². The van der Waals surface area contributed by atoms with Crippen molar-refractivity contribution in [2.24, 2.45) is 5.10 Å². The van der Waals surface area contributed by atoms with Crippen LogP contribution in [0.5, 0.6) is 17.2 Å². The topological polar surface area (TPSA) is 80.2 Å². The summed E-state index contributed by atoms with van der Waals surface area (Å²) >= 11 is 0. The molecule has 2 aromatic carbocycles. The van der Waals surface area contributed by atoms with Crippen LogP contribution in [0, 0.1) is 0 Å². The van der Waals surface area contributed by atoms with Crippen LogP contribution < -0.4 is 14.9 Å². The molecular weight excluding hydrogens is 284 g/mol. The predicted molar refractivity (Wildman–Crippen MR) is 80.6 cm³/mol. The number of nitrogens with zero attached hydrogens (tertiary/aromatic N) is 1. The third-order valence-electron chi connectivity index (χ3n) is 3.08. The number of amides is 1. The lowest BCUT2D eigenvalue weighted by Crippen LogP contribution is -2.19. The first kappa shape index (κ1) is 13.9. The SMILES string of the molecule is O=C(NN=Cc1ccc(O)cc1)c1ccc2c(c1)OCCO2. The number of hydrogen-bond acceptors (Lipinski definition) is 5. The van der Waals surface area contributed by atoms with Gasteiger partial charge in [-0.15, -0.1) is 0 Å². The Labute approximate surface area is 127 Å². The summed E-state index contributed by atoms with van der Waals surface area (Å²) < 4.78 is 10.8. The molecule has 0 bridgehead atoms. The Bertz CT molecular complexity index is 711. The average molecular weight is 298 g/mol. The van der Waals surface area contributed by atoms with Gasteiger partial charge in [0.15, 0.2) is 11.5 Å². The van der Waals surface area contributed by atoms with Crippen LogP contribution in [0.3, 0.4) is 0 Å². The minimum absolute atomic E-state index is 0.178. The van der Waals surface area contributed by atoms with Gasteiger partial charge in [-0.1, -0.05) is 0 Å². The molecule has 6 nitrogen and oxygen atoms in total. The van der Waals surface area contributed by atoms with Crippen molar-refractivity contribution in [1.82, 2.24) is 5.43 Å². The fraction of sp³-hybridized carbons (Fsp3) is 0.125. The van der Waals surface area contributed by atoms with E-state index in [0.717, 1.165) is 5.56 Å². The Morgan fingerprint density at radius 1 is 1.09 bits per heavy atom. The number of phenolic OH excluding ortho intramolecular Hbond substituents is 1. The second kappa shape index (κ2) is 6.17. The van der Waals surface area contributed by atoms with E-state index in [-0.39, 0.29) is 11.7 Å². The quantitative estimate of drug-likeness (QED) is 0.670. The Morgan fingerprint density at radius 3 is 2.59 bits per heavy atom. The second-order valence-corrected chi connectivity index (χ2v) is 4.65. The van der Waals surface area contributed by atoms with Gasteiger partial charge in [0.1, 0.15) is 19.0 Å². The van der Waals surface area contributed by atoms with Gasteiger partial charge in [0.2, 0.25) is 0 Å². The Kier molecular flexibility index (Phi) is 3.91. The Hall–Kier alpha value is -3.02. The summed E-state index contributed by atoms with van der Waals surface area (Å²) in [6, 6.07) is 11.4. The summed E-state index contributed by atoms with van der Waals surface area (Å²) in [5.74, 6) is 1.03. The number of benzene rings is 2. The number of carbonyl (C=O) groups is 1. The van der Waals surface area contributed by atoms with E-state index in [1.165, 1.54) is 6.21 Å². The molecule has 1 aliphatic heterocycles. The van der Waals surface area contributed by atoms with Crippen LogP contribution in [0.2, 0.25) is 0 Å². The van der Waals surface area contributed by atoms with Gasteiger partial charge >= 0.3 is 0 Å². The zero-order chi connectivity index (χ0) is 15.4. The maximum Gasteiger partial charge on any atom is 0.271 e. The molecule has 2 N–H and O–H groups in total. The molecule has 1 heterocycles. The molecule has 6 heteroatoms. The molecule has 0 saturated carbocycles. The summed E-state index contributed by atoms with van der Waals surface area (Å²) in [6.07, 6.45) is 1.50. The molecule has 22 heavy (non-hydrogen) atoms. The van der Waals surface area contributed by atoms with Crippen molar-refractivity contribution in [2.45, 2.75) is 0 Å². The zero-order valence-corrected chi connectivity index (χ0v) is 11.7. The van der Waals surface area contributed by atoms with Gasteiger partial charge in [0.25, 0.3) is 5.91 Å². The van der Waals surface area contributed by atoms with Crippen molar-refractivity contribution in [3.63, 3.8) is 0 Å². The standard InChI is InChI=1S/C16H14N2O4/c19-13-4-1-11(2-5-13)10-17-18-16(20)12-3-6-14-15(9-12)22-8-7-21-14/h1-6,9-10,19H,7-8H2,(H,18,20). The molecule has 112 valence electrons. The van der Waals surface area contributed by atoms with E-state index in [0.29, 0.717) is 30.3 Å². The van der Waals surface area contributed by atoms with E-state index in [1.807, 2.05) is 0 Å². The highest BCUT2D eigenvalue weighted by molar-refractivity contribution is 5.95. The summed E-state index contributed by atoms with van der Waals surface area (Å²) in [5.41, 5.74) is 3.64. The smallest absolute Gasteiger partial charge is 0.271 e. The van der Waals surface area contributed by atoms with Crippen molar-refractivity contribution in [2.75, 3.05) is 13.2 Å². The van der Waals surface area contributed by atoms with Gasteiger partial charge in [0, 0.05) is 5.56 Å². The number of aromatic hydroxyl groups is 1. The van der Waals surface area contributed by atoms with Crippen molar-refractivity contribution >= 4 is 12.1 Å². The molecule has 1 aliphatic rings. The third kappa shape index (κ3) is 3.17. The van der Waals surface area contributed by atoms with Crippen LogP contribution in [0.4, 0.5) is 0 Å². The predicted octanol–water partition coefficient (Wildman–Crippen LogP) is 1.93. The number of nitrogens with one attached hydrogen (secondary N) is 1. The maximum absolute atomic E-state index is 12.0. The average Bonchev–Trinajstić information content (AvgIpc) is 2.56. The van der Waals surface area contributed by atoms with Crippen molar-refractivity contribution in [1.29, 1.82) is 0 Å². The van der Waals surface area contributed by atoms with Crippen molar-refractivity contribution in [3.05, 3.63) is 53.6 Å². The molecule has 0 aliphatic carbocycles. The van der Waals surface area contributed by atoms with Crippen LogP contribution >= 0.6 is 0 Å². The lowest BCUT2D eigenvalue weighted by atomic mass is 10.2. The summed E-state index contributed by atoms with van der Waals surface area (Å²) in [7, 11) is 0. The van der Waals surface area contributed by atoms with Crippen molar-refractivity contribution < 1.29 is 19.4 Å². The molecule has 0 spiro atoms. The lowest BCUT2D eigenvalue weighted by Gasteiger charge is -2.18. The minimum Gasteiger partial charge on any atom is -0.508 e. The lowest BCUT2D eigenvalue weighted by molar-refractivity contribution is 0.0954. The molecule has 0 aromatic heterocycles. The van der Waals surface area contributed by atoms with Crippen molar-refractivity contribution in [3.8, 4) is 17.2 Å². The van der Waals surface area contributed by atoms with Gasteiger partial charge in [-0.25, -0.2) is 5.43 Å². The highest BCUT2D eigenvalue weighted by atomic mass is 16.6. The Balaban J connectivity index is 1.65. The van der Waals surface area contributed by atoms with E-state index < -0.39 is 0 Å². The summed E-state index contributed by atoms with van der Waals surface area (Å²) in [4.78, 5) is 12.0. The first-order valence-electron chi connectivity index (χ1n) is 6.74. The number of hydrogen-bond donors (Lipinski definition) is 2. The van der Waals surface area contributed by atoms with E-state index in [1.54, 1.807) is 42.5 Å². The largest absolute Gasteiger partial charge is 0.508 e. The highest BCUT2D eigenvalue weighted by Crippen LogP contribution is 2.30. The fourth-order valence-electron chi connectivity index (χ4n) is 1.97. The number of ether oxygens (including phenoxy) is 2. The number of fused-ring (bicyclic) bond motifs is 1. The first-order chi connectivity index (χ1) is 10.7. The summed E-state index contributed by atoms with van der Waals surface area (Å²) in [6.45, 7) is 0.979. The van der Waals surface area contributed by atoms with E-state index in [9.17, 15) is 9.90 Å². The number of phenols is 1. The van der Waals surface area contributed by atoms with Crippen LogP contribution in [0.15, 0.2) is 47.6 Å². The highest BCUT2D eigenvalue weighted by Gasteiger charge is 2.14. The molecule has 0 atom stereocenters. The van der Waals surface area contributed by atoms with Crippen LogP contribution in [-0.2, 0) is 0 Å². The van der Waals surface area contributed by atoms with Gasteiger partial charge in [-0.2, -0.15) is 5.10 Å². The van der Waals surface area contributed by atoms with E-state index in [4.69, 9.17) is 9.47 Å². The molecular formula is C16H14N2O4. The number of carbonyl (C=O) groups excluding carboxylic acids is 1. The molecule has 1 amide bonds. The van der Waals surface area contributed by atoms with E-state index in [2.05, 4.69) is 10.5 Å². The minimum atomic E-state index is -0.341. The van der Waals surface area contributed by atoms with Gasteiger partial charge < -0.3 is 14.6 Å². The molecule has 3 rings (SSSR count). The maximum atomic E-state index is 12.0. The third-order valence-corrected chi connectivity index (χ3v) is 3.08. The first-order valence-corrected chi connectivity index (χ1v) is 6.74.